The highest BCUT2D eigenvalue weighted by Gasteiger charge is 2.43. The van der Waals surface area contributed by atoms with Crippen LogP contribution in [0.5, 0.6) is 0 Å². The number of nitrogens with one attached hydrogen (secondary N) is 1. The average molecular weight is 569 g/mol. The van der Waals surface area contributed by atoms with E-state index in [4.69, 9.17) is 4.74 Å². The summed E-state index contributed by atoms with van der Waals surface area (Å²) < 4.78 is 5.44. The van der Waals surface area contributed by atoms with Crippen LogP contribution < -0.4 is 15.1 Å². The SMILES string of the molecule is CCC(C)(C(=O)Nc1ccc(N2CCOCC2)cc1)N(Cc1ccc(C)cc1)C(=O)CN1C(=O)C(=O)c2ccccc21. The number of anilines is 3. The molecule has 5 rings (SSSR count). The molecule has 1 fully saturated rings. The number of benzene rings is 3. The molecule has 218 valence electrons. The molecule has 9 heteroatoms. The highest BCUT2D eigenvalue weighted by atomic mass is 16.5. The third-order valence-electron chi connectivity index (χ3n) is 8.21. The number of rotatable bonds is 9. The molecule has 3 aromatic rings. The van der Waals surface area contributed by atoms with Gasteiger partial charge in [-0.3, -0.25) is 24.1 Å². The number of carbonyl (C=O) groups is 4. The summed E-state index contributed by atoms with van der Waals surface area (Å²) in [5.74, 6) is -2.16. The molecule has 0 spiro atoms. The predicted octanol–water partition coefficient (Wildman–Crippen LogP) is 4.20. The molecule has 1 N–H and O–H groups in total. The van der Waals surface area contributed by atoms with Crippen molar-refractivity contribution in [2.45, 2.75) is 39.3 Å². The highest BCUT2D eigenvalue weighted by molar-refractivity contribution is 6.52. The molecule has 2 aliphatic rings. The van der Waals surface area contributed by atoms with Crippen LogP contribution in [-0.4, -0.2) is 66.8 Å². The highest BCUT2D eigenvalue weighted by Crippen LogP contribution is 2.31. The summed E-state index contributed by atoms with van der Waals surface area (Å²) in [7, 11) is 0. The Morgan fingerprint density at radius 3 is 2.29 bits per heavy atom. The molecule has 0 aromatic heterocycles. The molecule has 42 heavy (non-hydrogen) atoms. The van der Waals surface area contributed by atoms with E-state index in [9.17, 15) is 19.2 Å². The van der Waals surface area contributed by atoms with Gasteiger partial charge in [0, 0.05) is 31.0 Å². The summed E-state index contributed by atoms with van der Waals surface area (Å²) in [4.78, 5) is 58.4. The van der Waals surface area contributed by atoms with Crippen molar-refractivity contribution in [1.82, 2.24) is 4.90 Å². The minimum absolute atomic E-state index is 0.157. The van der Waals surface area contributed by atoms with E-state index in [1.165, 1.54) is 9.80 Å². The second kappa shape index (κ2) is 12.2. The van der Waals surface area contributed by atoms with Gasteiger partial charge in [0.2, 0.25) is 11.8 Å². The van der Waals surface area contributed by atoms with Gasteiger partial charge in [0.25, 0.3) is 11.7 Å². The first-order chi connectivity index (χ1) is 20.2. The summed E-state index contributed by atoms with van der Waals surface area (Å²) in [5, 5.41) is 3.01. The number of carbonyl (C=O) groups excluding carboxylic acids is 4. The van der Waals surface area contributed by atoms with E-state index in [-0.39, 0.29) is 24.6 Å². The van der Waals surface area contributed by atoms with Crippen LogP contribution in [-0.2, 0) is 25.7 Å². The Balaban J connectivity index is 1.40. The monoisotopic (exact) mass is 568 g/mol. The number of amides is 3. The fourth-order valence-corrected chi connectivity index (χ4v) is 5.36. The molecule has 0 aliphatic carbocycles. The van der Waals surface area contributed by atoms with E-state index in [1.54, 1.807) is 31.2 Å². The Morgan fingerprint density at radius 1 is 0.952 bits per heavy atom. The van der Waals surface area contributed by atoms with Gasteiger partial charge in [0.05, 0.1) is 24.5 Å². The maximum Gasteiger partial charge on any atom is 0.299 e. The van der Waals surface area contributed by atoms with E-state index in [0.717, 1.165) is 29.9 Å². The first-order valence-electron chi connectivity index (χ1n) is 14.3. The quantitative estimate of drug-likeness (QED) is 0.389. The van der Waals surface area contributed by atoms with Gasteiger partial charge in [-0.25, -0.2) is 0 Å². The Labute approximate surface area is 246 Å². The Hall–Kier alpha value is -4.50. The van der Waals surface area contributed by atoms with Crippen molar-refractivity contribution < 1.29 is 23.9 Å². The number of hydrogen-bond acceptors (Lipinski definition) is 6. The molecule has 1 unspecified atom stereocenters. The molecule has 3 aromatic carbocycles. The third kappa shape index (κ3) is 5.78. The van der Waals surface area contributed by atoms with Crippen molar-refractivity contribution in [3.8, 4) is 0 Å². The second-order valence-corrected chi connectivity index (χ2v) is 10.9. The van der Waals surface area contributed by atoms with Gasteiger partial charge in [0.1, 0.15) is 12.1 Å². The lowest BCUT2D eigenvalue weighted by molar-refractivity contribution is -0.145. The zero-order valence-electron chi connectivity index (χ0n) is 24.3. The number of para-hydroxylation sites is 1. The van der Waals surface area contributed by atoms with Crippen LogP contribution in [0.25, 0.3) is 0 Å². The number of morpholine rings is 1. The number of hydrogen-bond donors (Lipinski definition) is 1. The van der Waals surface area contributed by atoms with Gasteiger partial charge < -0.3 is 19.9 Å². The molecule has 3 amide bonds. The first-order valence-corrected chi connectivity index (χ1v) is 14.3. The summed E-state index contributed by atoms with van der Waals surface area (Å²) in [6, 6.07) is 22.0. The zero-order chi connectivity index (χ0) is 29.9. The smallest absolute Gasteiger partial charge is 0.299 e. The van der Waals surface area contributed by atoms with Gasteiger partial charge >= 0.3 is 0 Å². The summed E-state index contributed by atoms with van der Waals surface area (Å²) in [5.41, 5.74) is 3.02. The van der Waals surface area contributed by atoms with E-state index in [1.807, 2.05) is 62.4 Å². The summed E-state index contributed by atoms with van der Waals surface area (Å²) >= 11 is 0. The second-order valence-electron chi connectivity index (χ2n) is 10.9. The van der Waals surface area contributed by atoms with Crippen molar-refractivity contribution in [1.29, 1.82) is 0 Å². The number of nitrogens with zero attached hydrogens (tertiary/aromatic N) is 3. The molecular formula is C33H36N4O5. The van der Waals surface area contributed by atoms with Gasteiger partial charge in [-0.1, -0.05) is 48.9 Å². The molecule has 0 radical (unpaired) electrons. The fourth-order valence-electron chi connectivity index (χ4n) is 5.36. The largest absolute Gasteiger partial charge is 0.378 e. The predicted molar refractivity (Wildman–Crippen MR) is 162 cm³/mol. The van der Waals surface area contributed by atoms with Gasteiger partial charge in [-0.05, 0) is 62.2 Å². The first kappa shape index (κ1) is 29.0. The topological polar surface area (TPSA) is 99.3 Å². The van der Waals surface area contributed by atoms with Crippen LogP contribution in [0.1, 0.15) is 41.8 Å². The Kier molecular flexibility index (Phi) is 8.40. The van der Waals surface area contributed by atoms with Crippen LogP contribution in [0.2, 0.25) is 0 Å². The number of ketones is 1. The third-order valence-corrected chi connectivity index (χ3v) is 8.21. The molecule has 1 saturated heterocycles. The van der Waals surface area contributed by atoms with Crippen molar-refractivity contribution in [3.63, 3.8) is 0 Å². The average Bonchev–Trinajstić information content (AvgIpc) is 3.25. The standard InChI is InChI=1S/C33H36N4O5/c1-4-33(3,32(41)34-25-13-15-26(16-14-25)35-17-19-42-20-18-35)37(21-24-11-9-23(2)10-12-24)29(38)22-36-28-8-6-5-7-27(28)30(39)31(36)40/h5-16H,4,17-22H2,1-3H3,(H,34,41). The van der Waals surface area contributed by atoms with Gasteiger partial charge in [0.15, 0.2) is 0 Å². The Bertz CT molecular complexity index is 1480. The number of fused-ring (bicyclic) bond motifs is 1. The van der Waals surface area contributed by atoms with Crippen LogP contribution in [0.4, 0.5) is 17.1 Å². The maximum atomic E-state index is 14.0. The lowest BCUT2D eigenvalue weighted by Crippen LogP contribution is -2.58. The molecule has 2 heterocycles. The van der Waals surface area contributed by atoms with Crippen molar-refractivity contribution in [2.24, 2.45) is 0 Å². The maximum absolute atomic E-state index is 14.0. The zero-order valence-corrected chi connectivity index (χ0v) is 24.3. The van der Waals surface area contributed by atoms with Crippen LogP contribution in [0.3, 0.4) is 0 Å². The molecule has 0 saturated carbocycles. The molecule has 9 nitrogen and oxygen atoms in total. The van der Waals surface area contributed by atoms with Crippen LogP contribution in [0, 0.1) is 6.92 Å². The number of Topliss-reactive ketones (excluding diaryl/α,β-unsaturated/α-hetero) is 1. The lowest BCUT2D eigenvalue weighted by Gasteiger charge is -2.40. The molecule has 1 atom stereocenters. The molecular weight excluding hydrogens is 532 g/mol. The van der Waals surface area contributed by atoms with Crippen molar-refractivity contribution >= 4 is 40.6 Å². The van der Waals surface area contributed by atoms with Crippen LogP contribution >= 0.6 is 0 Å². The van der Waals surface area contributed by atoms with E-state index in [2.05, 4.69) is 10.2 Å². The minimum Gasteiger partial charge on any atom is -0.378 e. The van der Waals surface area contributed by atoms with Crippen LogP contribution in [0.15, 0.2) is 72.8 Å². The molecule has 2 aliphatic heterocycles. The van der Waals surface area contributed by atoms with Crippen molar-refractivity contribution in [2.75, 3.05) is 48.0 Å². The van der Waals surface area contributed by atoms with Gasteiger partial charge in [-0.15, -0.1) is 0 Å². The molecule has 0 bridgehead atoms. The minimum atomic E-state index is -1.25. The van der Waals surface area contributed by atoms with Gasteiger partial charge in [-0.2, -0.15) is 0 Å². The normalized spacial score (nSPS) is 16.2. The van der Waals surface area contributed by atoms with E-state index in [0.29, 0.717) is 31.0 Å². The number of aryl methyl sites for hydroxylation is 1. The number of ether oxygens (including phenoxy) is 1. The van der Waals surface area contributed by atoms with Crippen molar-refractivity contribution in [3.05, 3.63) is 89.5 Å². The Morgan fingerprint density at radius 2 is 1.62 bits per heavy atom. The van der Waals surface area contributed by atoms with E-state index < -0.39 is 23.1 Å². The lowest BCUT2D eigenvalue weighted by atomic mass is 9.93. The van der Waals surface area contributed by atoms with E-state index >= 15 is 0 Å². The summed E-state index contributed by atoms with van der Waals surface area (Å²) in [6.07, 6.45) is 0.325. The summed E-state index contributed by atoms with van der Waals surface area (Å²) in [6.45, 7) is 8.36. The fraction of sp³-hybridized carbons (Fsp3) is 0.333.